The molecular weight excluding hydrogens is 503 g/mol. The molecule has 1 fully saturated rings. The van der Waals surface area contributed by atoms with Gasteiger partial charge in [0.2, 0.25) is 0 Å². The maximum atomic E-state index is 10.8. The molecule has 0 saturated carbocycles. The lowest BCUT2D eigenvalue weighted by Crippen LogP contribution is -2.45. The zero-order valence-electron chi connectivity index (χ0n) is 17.9. The number of nitrogens with one attached hydrogen (secondary N) is 1. The summed E-state index contributed by atoms with van der Waals surface area (Å²) in [6.45, 7) is 2.65. The molecule has 0 spiro atoms. The van der Waals surface area contributed by atoms with Crippen LogP contribution in [0.15, 0.2) is 65.2 Å². The molecule has 3 rings (SSSR count). The molecule has 1 amide bonds. The number of hydrogen-bond donors (Lipinski definition) is 2. The van der Waals surface area contributed by atoms with Crippen LogP contribution < -0.4 is 15.8 Å². The SMILES string of the molecule is CN=C(NCCc1ccc(OCC(N)=O)cc1)N1CCC(=Cc2ccccc2)CC1.I. The molecule has 7 heteroatoms. The lowest BCUT2D eigenvalue weighted by atomic mass is 10.0. The molecule has 0 atom stereocenters. The molecule has 1 aliphatic heterocycles. The number of primary amides is 1. The highest BCUT2D eigenvalue weighted by Gasteiger charge is 2.17. The van der Waals surface area contributed by atoms with Gasteiger partial charge in [-0.05, 0) is 42.5 Å². The smallest absolute Gasteiger partial charge is 0.255 e. The topological polar surface area (TPSA) is 80.0 Å². The summed E-state index contributed by atoms with van der Waals surface area (Å²) in [5, 5.41) is 3.47. The Balaban J connectivity index is 0.00000341. The summed E-state index contributed by atoms with van der Waals surface area (Å²) in [5.41, 5.74) is 9.05. The van der Waals surface area contributed by atoms with Gasteiger partial charge in [-0.2, -0.15) is 0 Å². The maximum Gasteiger partial charge on any atom is 0.255 e. The molecule has 1 heterocycles. The Bertz CT molecular complexity index is 872. The summed E-state index contributed by atoms with van der Waals surface area (Å²) in [4.78, 5) is 17.6. The Morgan fingerprint density at radius 3 is 2.42 bits per heavy atom. The molecule has 6 nitrogen and oxygen atoms in total. The molecule has 0 aliphatic carbocycles. The number of aliphatic imine (C=N–C) groups is 1. The quantitative estimate of drug-likeness (QED) is 0.324. The van der Waals surface area contributed by atoms with Crippen molar-refractivity contribution in [3.05, 3.63) is 71.3 Å². The number of ether oxygens (including phenoxy) is 1. The number of halogens is 1. The van der Waals surface area contributed by atoms with E-state index in [0.717, 1.165) is 44.9 Å². The number of nitrogens with zero attached hydrogens (tertiary/aromatic N) is 2. The van der Waals surface area contributed by atoms with E-state index in [0.29, 0.717) is 5.75 Å². The molecule has 2 aromatic carbocycles. The molecule has 0 radical (unpaired) electrons. The highest BCUT2D eigenvalue weighted by atomic mass is 127. The van der Waals surface area contributed by atoms with E-state index >= 15 is 0 Å². The fourth-order valence-electron chi connectivity index (χ4n) is 3.49. The summed E-state index contributed by atoms with van der Waals surface area (Å²) in [7, 11) is 1.84. The number of rotatable bonds is 7. The number of piperidine rings is 1. The monoisotopic (exact) mass is 534 g/mol. The molecule has 0 bridgehead atoms. The Labute approximate surface area is 201 Å². The number of carbonyl (C=O) groups excluding carboxylic acids is 1. The first-order valence-electron chi connectivity index (χ1n) is 10.3. The van der Waals surface area contributed by atoms with E-state index < -0.39 is 5.91 Å². The number of guanidine groups is 1. The van der Waals surface area contributed by atoms with E-state index in [9.17, 15) is 4.79 Å². The number of carbonyl (C=O) groups is 1. The van der Waals surface area contributed by atoms with Gasteiger partial charge in [-0.25, -0.2) is 0 Å². The average molecular weight is 534 g/mol. The maximum absolute atomic E-state index is 10.8. The van der Waals surface area contributed by atoms with Crippen molar-refractivity contribution in [2.75, 3.05) is 33.3 Å². The summed E-state index contributed by atoms with van der Waals surface area (Å²) < 4.78 is 5.29. The summed E-state index contributed by atoms with van der Waals surface area (Å²) in [6.07, 6.45) is 5.30. The van der Waals surface area contributed by atoms with Gasteiger partial charge in [0.25, 0.3) is 5.91 Å². The van der Waals surface area contributed by atoms with Crippen LogP contribution in [0.5, 0.6) is 5.75 Å². The third-order valence-electron chi connectivity index (χ3n) is 5.09. The van der Waals surface area contributed by atoms with E-state index in [1.54, 1.807) is 0 Å². The second-order valence-electron chi connectivity index (χ2n) is 7.32. The lowest BCUT2D eigenvalue weighted by Gasteiger charge is -2.31. The van der Waals surface area contributed by atoms with Gasteiger partial charge in [0.15, 0.2) is 12.6 Å². The number of hydrogen-bond acceptors (Lipinski definition) is 3. The van der Waals surface area contributed by atoms with Crippen LogP contribution in [0, 0.1) is 0 Å². The fraction of sp³-hybridized carbons (Fsp3) is 0.333. The van der Waals surface area contributed by atoms with Crippen molar-refractivity contribution >= 4 is 41.9 Å². The normalized spacial score (nSPS) is 13.9. The summed E-state index contributed by atoms with van der Waals surface area (Å²) >= 11 is 0. The standard InChI is InChI=1S/C24H30N4O2.HI/c1-26-24(27-14-11-19-7-9-22(10-8-19)30-18-23(25)29)28-15-12-21(13-16-28)17-20-5-3-2-4-6-20;/h2-10,17H,11-16,18H2,1H3,(H2,25,29)(H,26,27);1H. The number of amides is 1. The van der Waals surface area contributed by atoms with Crippen LogP contribution in [0.4, 0.5) is 0 Å². The van der Waals surface area contributed by atoms with Gasteiger partial charge in [-0.15, -0.1) is 24.0 Å². The van der Waals surface area contributed by atoms with E-state index in [1.807, 2.05) is 37.4 Å². The van der Waals surface area contributed by atoms with Crippen LogP contribution in [0.3, 0.4) is 0 Å². The van der Waals surface area contributed by atoms with Gasteiger partial charge >= 0.3 is 0 Å². The van der Waals surface area contributed by atoms with Crippen molar-refractivity contribution in [3.8, 4) is 5.75 Å². The Hall–Kier alpha value is -2.55. The first-order chi connectivity index (χ1) is 14.6. The minimum absolute atomic E-state index is 0. The number of nitrogens with two attached hydrogens (primary N) is 1. The van der Waals surface area contributed by atoms with Crippen LogP contribution in [-0.4, -0.2) is 50.1 Å². The molecular formula is C24H31IN4O2. The number of likely N-dealkylation sites (tertiary alicyclic amines) is 1. The Morgan fingerprint density at radius 1 is 1.13 bits per heavy atom. The number of benzene rings is 2. The van der Waals surface area contributed by atoms with Gasteiger partial charge in [-0.1, -0.05) is 54.1 Å². The largest absolute Gasteiger partial charge is 0.484 e. The molecule has 3 N–H and O–H groups in total. The van der Waals surface area contributed by atoms with Gasteiger partial charge in [0.1, 0.15) is 5.75 Å². The Morgan fingerprint density at radius 2 is 1.81 bits per heavy atom. The molecule has 0 aromatic heterocycles. The van der Waals surface area contributed by atoms with Gasteiger partial charge in [0.05, 0.1) is 0 Å². The second kappa shape index (κ2) is 13.0. The molecule has 0 unspecified atom stereocenters. The van der Waals surface area contributed by atoms with Crippen LogP contribution in [0.1, 0.15) is 24.0 Å². The van der Waals surface area contributed by atoms with Crippen molar-refractivity contribution in [2.45, 2.75) is 19.3 Å². The summed E-state index contributed by atoms with van der Waals surface area (Å²) in [5.74, 6) is 1.12. The zero-order chi connectivity index (χ0) is 21.2. The van der Waals surface area contributed by atoms with E-state index in [2.05, 4.69) is 45.6 Å². The third kappa shape index (κ3) is 8.24. The molecule has 1 saturated heterocycles. The van der Waals surface area contributed by atoms with Gasteiger partial charge < -0.3 is 20.7 Å². The van der Waals surface area contributed by atoms with Crippen LogP contribution in [-0.2, 0) is 11.2 Å². The fourth-order valence-corrected chi connectivity index (χ4v) is 3.49. The predicted octanol–water partition coefficient (Wildman–Crippen LogP) is 3.47. The van der Waals surface area contributed by atoms with Crippen LogP contribution >= 0.6 is 24.0 Å². The van der Waals surface area contributed by atoms with Crippen molar-refractivity contribution < 1.29 is 9.53 Å². The highest BCUT2D eigenvalue weighted by molar-refractivity contribution is 14.0. The summed E-state index contributed by atoms with van der Waals surface area (Å²) in [6, 6.07) is 18.2. The second-order valence-corrected chi connectivity index (χ2v) is 7.32. The molecule has 31 heavy (non-hydrogen) atoms. The van der Waals surface area contributed by atoms with E-state index in [1.165, 1.54) is 16.7 Å². The lowest BCUT2D eigenvalue weighted by molar-refractivity contribution is -0.119. The van der Waals surface area contributed by atoms with E-state index in [-0.39, 0.29) is 30.6 Å². The first kappa shape index (κ1) is 24.7. The van der Waals surface area contributed by atoms with Crippen molar-refractivity contribution in [1.29, 1.82) is 0 Å². The van der Waals surface area contributed by atoms with Gasteiger partial charge in [-0.3, -0.25) is 9.79 Å². The van der Waals surface area contributed by atoms with Crippen LogP contribution in [0.2, 0.25) is 0 Å². The molecule has 166 valence electrons. The third-order valence-corrected chi connectivity index (χ3v) is 5.09. The van der Waals surface area contributed by atoms with E-state index in [4.69, 9.17) is 10.5 Å². The molecule has 1 aliphatic rings. The van der Waals surface area contributed by atoms with Crippen molar-refractivity contribution in [3.63, 3.8) is 0 Å². The van der Waals surface area contributed by atoms with Gasteiger partial charge in [0, 0.05) is 26.7 Å². The minimum atomic E-state index is -0.477. The Kier molecular flexibility index (Phi) is 10.4. The van der Waals surface area contributed by atoms with Crippen molar-refractivity contribution in [1.82, 2.24) is 10.2 Å². The minimum Gasteiger partial charge on any atom is -0.484 e. The predicted molar refractivity (Wildman–Crippen MR) is 137 cm³/mol. The van der Waals surface area contributed by atoms with Crippen LogP contribution in [0.25, 0.3) is 6.08 Å². The highest BCUT2D eigenvalue weighted by Crippen LogP contribution is 2.19. The van der Waals surface area contributed by atoms with Crippen molar-refractivity contribution in [2.24, 2.45) is 10.7 Å². The first-order valence-corrected chi connectivity index (χ1v) is 10.3. The average Bonchev–Trinajstić information content (AvgIpc) is 2.77. The molecule has 2 aromatic rings. The zero-order valence-corrected chi connectivity index (χ0v) is 20.3.